The van der Waals surface area contributed by atoms with Crippen molar-refractivity contribution in [2.45, 2.75) is 32.9 Å². The maximum Gasteiger partial charge on any atom is 0.194 e. The van der Waals surface area contributed by atoms with E-state index in [-0.39, 0.29) is 6.04 Å². The molecule has 0 bridgehead atoms. The van der Waals surface area contributed by atoms with Crippen LogP contribution < -0.4 is 5.73 Å². The highest BCUT2D eigenvalue weighted by Crippen LogP contribution is 2.15. The van der Waals surface area contributed by atoms with E-state index in [1.807, 2.05) is 11.9 Å². The lowest BCUT2D eigenvalue weighted by Gasteiger charge is -2.21. The van der Waals surface area contributed by atoms with Crippen molar-refractivity contribution in [1.82, 2.24) is 4.90 Å². The van der Waals surface area contributed by atoms with Gasteiger partial charge in [-0.25, -0.2) is 13.2 Å². The smallest absolute Gasteiger partial charge is 0.194 e. The van der Waals surface area contributed by atoms with E-state index in [2.05, 4.69) is 13.8 Å². The van der Waals surface area contributed by atoms with E-state index in [1.54, 1.807) is 0 Å². The van der Waals surface area contributed by atoms with E-state index in [0.717, 1.165) is 25.1 Å². The zero-order valence-electron chi connectivity index (χ0n) is 11.6. The molecule has 2 N–H and O–H groups in total. The Labute approximate surface area is 112 Å². The minimum atomic E-state index is -1.42. The summed E-state index contributed by atoms with van der Waals surface area (Å²) in [6.45, 7) is 5.18. The summed E-state index contributed by atoms with van der Waals surface area (Å²) in [5, 5.41) is 0. The third-order valence-corrected chi connectivity index (χ3v) is 3.20. The summed E-state index contributed by atoms with van der Waals surface area (Å²) in [5.41, 5.74) is 6.34. The second-order valence-electron chi connectivity index (χ2n) is 5.31. The van der Waals surface area contributed by atoms with Crippen molar-refractivity contribution < 1.29 is 13.2 Å². The van der Waals surface area contributed by atoms with Crippen molar-refractivity contribution >= 4 is 0 Å². The quantitative estimate of drug-likeness (QED) is 0.808. The number of nitrogens with zero attached hydrogens (tertiary/aromatic N) is 1. The molecule has 108 valence electrons. The van der Waals surface area contributed by atoms with Crippen molar-refractivity contribution in [2.24, 2.45) is 11.7 Å². The van der Waals surface area contributed by atoms with Gasteiger partial charge in [0.05, 0.1) is 0 Å². The number of nitrogens with two attached hydrogens (primary N) is 1. The lowest BCUT2D eigenvalue weighted by atomic mass is 10.0. The van der Waals surface area contributed by atoms with Crippen LogP contribution in [0.5, 0.6) is 0 Å². The van der Waals surface area contributed by atoms with Crippen molar-refractivity contribution in [2.75, 3.05) is 13.6 Å². The van der Waals surface area contributed by atoms with Crippen LogP contribution in [0.15, 0.2) is 12.1 Å². The molecular formula is C14H21F3N2. The molecule has 2 nitrogen and oxygen atoms in total. The number of hydrogen-bond acceptors (Lipinski definition) is 2. The first-order chi connectivity index (χ1) is 8.81. The molecule has 1 rings (SSSR count). The maximum atomic E-state index is 13.1. The second kappa shape index (κ2) is 6.91. The largest absolute Gasteiger partial charge is 0.327 e. The third-order valence-electron chi connectivity index (χ3n) is 3.20. The molecule has 0 heterocycles. The van der Waals surface area contributed by atoms with Crippen LogP contribution in [-0.4, -0.2) is 24.5 Å². The Morgan fingerprint density at radius 2 is 1.68 bits per heavy atom. The fourth-order valence-corrected chi connectivity index (χ4v) is 1.79. The minimum Gasteiger partial charge on any atom is -0.327 e. The fraction of sp³-hybridized carbons (Fsp3) is 0.571. The van der Waals surface area contributed by atoms with Gasteiger partial charge in [-0.1, -0.05) is 13.8 Å². The molecule has 19 heavy (non-hydrogen) atoms. The molecule has 0 aliphatic carbocycles. The summed E-state index contributed by atoms with van der Waals surface area (Å²) in [6, 6.07) is 2.15. The highest BCUT2D eigenvalue weighted by atomic mass is 19.2. The normalized spacial score (nSPS) is 13.3. The van der Waals surface area contributed by atoms with Gasteiger partial charge in [0, 0.05) is 12.6 Å². The van der Waals surface area contributed by atoms with E-state index in [0.29, 0.717) is 18.0 Å². The molecule has 0 aliphatic rings. The van der Waals surface area contributed by atoms with Crippen molar-refractivity contribution in [3.63, 3.8) is 0 Å². The number of benzene rings is 1. The van der Waals surface area contributed by atoms with Crippen molar-refractivity contribution in [3.05, 3.63) is 35.1 Å². The topological polar surface area (TPSA) is 29.3 Å². The van der Waals surface area contributed by atoms with Gasteiger partial charge in [-0.3, -0.25) is 0 Å². The molecule has 0 saturated carbocycles. The molecule has 0 fully saturated rings. The van der Waals surface area contributed by atoms with E-state index in [9.17, 15) is 13.2 Å². The molecule has 1 aromatic rings. The van der Waals surface area contributed by atoms with E-state index >= 15 is 0 Å². The molecule has 0 spiro atoms. The van der Waals surface area contributed by atoms with Gasteiger partial charge in [0.25, 0.3) is 0 Å². The van der Waals surface area contributed by atoms with Gasteiger partial charge in [0.2, 0.25) is 0 Å². The van der Waals surface area contributed by atoms with Crippen LogP contribution >= 0.6 is 0 Å². The van der Waals surface area contributed by atoms with Crippen LogP contribution in [0, 0.1) is 23.4 Å². The van der Waals surface area contributed by atoms with Gasteiger partial charge in [-0.2, -0.15) is 0 Å². The van der Waals surface area contributed by atoms with Crippen LogP contribution in [0.25, 0.3) is 0 Å². The number of rotatable bonds is 6. The third kappa shape index (κ3) is 4.84. The summed E-state index contributed by atoms with van der Waals surface area (Å²) in [7, 11) is 1.84. The summed E-state index contributed by atoms with van der Waals surface area (Å²) >= 11 is 0. The van der Waals surface area contributed by atoms with Crippen LogP contribution in [-0.2, 0) is 6.54 Å². The molecule has 1 unspecified atom stereocenters. The molecule has 0 radical (unpaired) electrons. The predicted octanol–water partition coefficient (Wildman–Crippen LogP) is 2.91. The minimum absolute atomic E-state index is 0.101. The SMILES string of the molecule is CC(C)C(N)CCN(C)Cc1cc(F)c(F)c(F)c1. The van der Waals surface area contributed by atoms with E-state index in [4.69, 9.17) is 5.73 Å². The van der Waals surface area contributed by atoms with Gasteiger partial charge >= 0.3 is 0 Å². The van der Waals surface area contributed by atoms with Gasteiger partial charge in [0.15, 0.2) is 17.5 Å². The van der Waals surface area contributed by atoms with Crippen LogP contribution in [0.2, 0.25) is 0 Å². The molecule has 1 aromatic carbocycles. The Morgan fingerprint density at radius 3 is 2.16 bits per heavy atom. The zero-order chi connectivity index (χ0) is 14.6. The van der Waals surface area contributed by atoms with Crippen LogP contribution in [0.1, 0.15) is 25.8 Å². The Bertz CT molecular complexity index is 398. The van der Waals surface area contributed by atoms with Crippen molar-refractivity contribution in [1.29, 1.82) is 0 Å². The molecule has 0 aliphatic heterocycles. The molecule has 0 aromatic heterocycles. The first-order valence-corrected chi connectivity index (χ1v) is 6.38. The summed E-state index contributed by atoms with van der Waals surface area (Å²) in [4.78, 5) is 1.91. The molecule has 1 atom stereocenters. The van der Waals surface area contributed by atoms with Crippen LogP contribution in [0.4, 0.5) is 13.2 Å². The Morgan fingerprint density at radius 1 is 1.16 bits per heavy atom. The highest BCUT2D eigenvalue weighted by molar-refractivity contribution is 5.19. The van der Waals surface area contributed by atoms with Gasteiger partial charge < -0.3 is 10.6 Å². The maximum absolute atomic E-state index is 13.1. The van der Waals surface area contributed by atoms with Crippen molar-refractivity contribution in [3.8, 4) is 0 Å². The number of halogens is 3. The van der Waals surface area contributed by atoms with E-state index in [1.165, 1.54) is 0 Å². The summed E-state index contributed by atoms with van der Waals surface area (Å²) in [6.07, 6.45) is 0.806. The standard InChI is InChI=1S/C14H21F3N2/c1-9(2)13(18)4-5-19(3)8-10-6-11(15)14(17)12(16)7-10/h6-7,9,13H,4-5,8,18H2,1-3H3. The molecule has 0 saturated heterocycles. The molecule has 5 heteroatoms. The number of hydrogen-bond donors (Lipinski definition) is 1. The van der Waals surface area contributed by atoms with E-state index < -0.39 is 17.5 Å². The summed E-state index contributed by atoms with van der Waals surface area (Å²) < 4.78 is 38.9. The van der Waals surface area contributed by atoms with Gasteiger partial charge in [0.1, 0.15) is 0 Å². The van der Waals surface area contributed by atoms with Gasteiger partial charge in [-0.15, -0.1) is 0 Å². The second-order valence-corrected chi connectivity index (χ2v) is 5.31. The monoisotopic (exact) mass is 274 g/mol. The average molecular weight is 274 g/mol. The fourth-order valence-electron chi connectivity index (χ4n) is 1.79. The molecule has 0 amide bonds. The zero-order valence-corrected chi connectivity index (χ0v) is 11.6. The Kier molecular flexibility index (Phi) is 5.82. The first-order valence-electron chi connectivity index (χ1n) is 6.38. The average Bonchev–Trinajstić information content (AvgIpc) is 2.32. The first kappa shape index (κ1) is 16.0. The summed E-state index contributed by atoms with van der Waals surface area (Å²) in [5.74, 6) is -3.33. The Balaban J connectivity index is 2.55. The lowest BCUT2D eigenvalue weighted by Crippen LogP contribution is -2.31. The van der Waals surface area contributed by atoms with Crippen LogP contribution in [0.3, 0.4) is 0 Å². The highest BCUT2D eigenvalue weighted by Gasteiger charge is 2.13. The Hall–Kier alpha value is -1.07. The predicted molar refractivity (Wildman–Crippen MR) is 70.1 cm³/mol. The lowest BCUT2D eigenvalue weighted by molar-refractivity contribution is 0.295. The van der Waals surface area contributed by atoms with Gasteiger partial charge in [-0.05, 0) is 43.6 Å². The molecular weight excluding hydrogens is 253 g/mol.